The van der Waals surface area contributed by atoms with Crippen molar-refractivity contribution < 1.29 is 9.50 Å². The van der Waals surface area contributed by atoms with Gasteiger partial charge in [-0.3, -0.25) is 0 Å². The molecule has 0 aliphatic heterocycles. The van der Waals surface area contributed by atoms with E-state index < -0.39 is 0 Å². The summed E-state index contributed by atoms with van der Waals surface area (Å²) in [5, 5.41) is 9.15. The van der Waals surface area contributed by atoms with Crippen LogP contribution in [0, 0.1) is 12.7 Å². The minimum Gasteiger partial charge on any atom is -0.395 e. The maximum atomic E-state index is 13.0. The second kappa shape index (κ2) is 3.55. The third kappa shape index (κ3) is 1.93. The number of aliphatic hydroxyl groups excluding tert-OH is 1. The van der Waals surface area contributed by atoms with Crippen LogP contribution in [0.4, 0.5) is 4.39 Å². The third-order valence-electron chi connectivity index (χ3n) is 2.56. The highest BCUT2D eigenvalue weighted by molar-refractivity contribution is 8.01. The number of benzene rings is 1. The Balaban J connectivity index is 2.14. The van der Waals surface area contributed by atoms with Crippen LogP contribution in [0.25, 0.3) is 0 Å². The fourth-order valence-electron chi connectivity index (χ4n) is 1.36. The molecule has 1 fully saturated rings. The topological polar surface area (TPSA) is 20.2 Å². The van der Waals surface area contributed by atoms with Crippen LogP contribution in [0.1, 0.15) is 18.4 Å². The molecule has 3 heteroatoms. The predicted octanol–water partition coefficient (Wildman–Crippen LogP) is 2.75. The molecule has 14 heavy (non-hydrogen) atoms. The van der Waals surface area contributed by atoms with E-state index in [-0.39, 0.29) is 17.2 Å². The minimum atomic E-state index is -0.164. The molecule has 1 aromatic carbocycles. The Morgan fingerprint density at radius 2 is 2.21 bits per heavy atom. The number of aliphatic hydroxyl groups is 1. The van der Waals surface area contributed by atoms with Crippen LogP contribution >= 0.6 is 11.8 Å². The van der Waals surface area contributed by atoms with Crippen molar-refractivity contribution in [1.82, 2.24) is 0 Å². The molecule has 0 saturated heterocycles. The van der Waals surface area contributed by atoms with Gasteiger partial charge in [0.15, 0.2) is 0 Å². The van der Waals surface area contributed by atoms with E-state index in [1.165, 1.54) is 6.07 Å². The second-order valence-corrected chi connectivity index (χ2v) is 5.40. The molecular weight excluding hydrogens is 199 g/mol. The first kappa shape index (κ1) is 9.99. The highest BCUT2D eigenvalue weighted by atomic mass is 32.2. The first-order valence-corrected chi connectivity index (χ1v) is 5.53. The molecule has 1 saturated carbocycles. The van der Waals surface area contributed by atoms with Crippen molar-refractivity contribution in [2.24, 2.45) is 0 Å². The standard InChI is InChI=1S/C11H13FOS/c1-8-6-9(2-3-10(8)12)14-11(7-13)4-5-11/h2-3,6,13H,4-5,7H2,1H3. The number of thioether (sulfide) groups is 1. The summed E-state index contributed by atoms with van der Waals surface area (Å²) in [5.74, 6) is -0.164. The minimum absolute atomic E-state index is 0.0320. The molecule has 2 rings (SSSR count). The van der Waals surface area contributed by atoms with Crippen molar-refractivity contribution in [3.05, 3.63) is 29.6 Å². The quantitative estimate of drug-likeness (QED) is 0.831. The fraction of sp³-hybridized carbons (Fsp3) is 0.455. The second-order valence-electron chi connectivity index (χ2n) is 3.85. The predicted molar refractivity (Wildman–Crippen MR) is 56.0 cm³/mol. The fourth-order valence-corrected chi connectivity index (χ4v) is 2.61. The molecule has 1 aromatic rings. The summed E-state index contributed by atoms with van der Waals surface area (Å²) in [7, 11) is 0. The molecule has 0 atom stereocenters. The molecule has 1 aliphatic carbocycles. The van der Waals surface area contributed by atoms with Crippen LogP contribution in [0.3, 0.4) is 0 Å². The molecule has 0 heterocycles. The van der Waals surface area contributed by atoms with E-state index in [4.69, 9.17) is 5.11 Å². The highest BCUT2D eigenvalue weighted by Gasteiger charge is 2.43. The maximum absolute atomic E-state index is 13.0. The van der Waals surface area contributed by atoms with Crippen LogP contribution in [0.5, 0.6) is 0 Å². The third-order valence-corrected chi connectivity index (χ3v) is 4.02. The van der Waals surface area contributed by atoms with Gasteiger partial charge in [-0.15, -0.1) is 11.8 Å². The normalized spacial score (nSPS) is 18.2. The molecule has 0 amide bonds. The zero-order valence-electron chi connectivity index (χ0n) is 8.09. The van der Waals surface area contributed by atoms with Crippen molar-refractivity contribution in [3.8, 4) is 0 Å². The van der Waals surface area contributed by atoms with Crippen molar-refractivity contribution in [2.75, 3.05) is 6.61 Å². The highest BCUT2D eigenvalue weighted by Crippen LogP contribution is 2.51. The molecule has 0 spiro atoms. The van der Waals surface area contributed by atoms with Crippen molar-refractivity contribution in [2.45, 2.75) is 29.4 Å². The van der Waals surface area contributed by atoms with Gasteiger partial charge in [0, 0.05) is 9.64 Å². The molecule has 0 bridgehead atoms. The van der Waals surface area contributed by atoms with E-state index in [0.29, 0.717) is 5.56 Å². The monoisotopic (exact) mass is 212 g/mol. The SMILES string of the molecule is Cc1cc(SC2(CO)CC2)ccc1F. The molecule has 76 valence electrons. The smallest absolute Gasteiger partial charge is 0.126 e. The lowest BCUT2D eigenvalue weighted by molar-refractivity contribution is 0.289. The number of aryl methyl sites for hydroxylation is 1. The Kier molecular flexibility index (Phi) is 2.54. The largest absolute Gasteiger partial charge is 0.395 e. The van der Waals surface area contributed by atoms with Gasteiger partial charge >= 0.3 is 0 Å². The first-order valence-electron chi connectivity index (χ1n) is 4.71. The Morgan fingerprint density at radius 3 is 2.71 bits per heavy atom. The Hall–Kier alpha value is -0.540. The summed E-state index contributed by atoms with van der Waals surface area (Å²) in [5.41, 5.74) is 0.670. The van der Waals surface area contributed by atoms with Gasteiger partial charge in [-0.1, -0.05) is 0 Å². The summed E-state index contributed by atoms with van der Waals surface area (Å²) in [6.45, 7) is 1.98. The van der Waals surface area contributed by atoms with E-state index in [0.717, 1.165) is 17.7 Å². The van der Waals surface area contributed by atoms with Crippen LogP contribution < -0.4 is 0 Å². The lowest BCUT2D eigenvalue weighted by Gasteiger charge is -2.11. The average molecular weight is 212 g/mol. The van der Waals surface area contributed by atoms with Gasteiger partial charge in [-0.05, 0) is 43.5 Å². The van der Waals surface area contributed by atoms with Gasteiger partial charge in [-0.25, -0.2) is 4.39 Å². The number of hydrogen-bond acceptors (Lipinski definition) is 2. The van der Waals surface area contributed by atoms with Crippen LogP contribution in [-0.2, 0) is 0 Å². The van der Waals surface area contributed by atoms with E-state index >= 15 is 0 Å². The lowest BCUT2D eigenvalue weighted by Crippen LogP contribution is -2.08. The number of rotatable bonds is 3. The van der Waals surface area contributed by atoms with Gasteiger partial charge in [0.05, 0.1) is 6.61 Å². The number of hydrogen-bond donors (Lipinski definition) is 1. The Morgan fingerprint density at radius 1 is 1.50 bits per heavy atom. The Bertz CT molecular complexity index is 347. The van der Waals surface area contributed by atoms with E-state index in [2.05, 4.69) is 0 Å². The van der Waals surface area contributed by atoms with Crippen molar-refractivity contribution in [1.29, 1.82) is 0 Å². The Labute approximate surface area is 87.3 Å². The lowest BCUT2D eigenvalue weighted by atomic mass is 10.2. The van der Waals surface area contributed by atoms with Gasteiger partial charge in [-0.2, -0.15) is 0 Å². The molecule has 0 radical (unpaired) electrons. The maximum Gasteiger partial charge on any atom is 0.126 e. The van der Waals surface area contributed by atoms with Crippen LogP contribution in [0.15, 0.2) is 23.1 Å². The summed E-state index contributed by atoms with van der Waals surface area (Å²) < 4.78 is 13.0. The van der Waals surface area contributed by atoms with Crippen molar-refractivity contribution in [3.63, 3.8) is 0 Å². The molecule has 0 unspecified atom stereocenters. The van der Waals surface area contributed by atoms with E-state index in [9.17, 15) is 4.39 Å². The molecule has 1 aliphatic rings. The molecule has 1 N–H and O–H groups in total. The van der Waals surface area contributed by atoms with Crippen LogP contribution in [-0.4, -0.2) is 16.5 Å². The van der Waals surface area contributed by atoms with Gasteiger partial charge < -0.3 is 5.11 Å². The first-order chi connectivity index (χ1) is 6.65. The van der Waals surface area contributed by atoms with E-state index in [1.54, 1.807) is 24.8 Å². The van der Waals surface area contributed by atoms with Gasteiger partial charge in [0.25, 0.3) is 0 Å². The zero-order chi connectivity index (χ0) is 10.2. The summed E-state index contributed by atoms with van der Waals surface area (Å²) in [4.78, 5) is 1.05. The molecule has 1 nitrogen and oxygen atoms in total. The summed E-state index contributed by atoms with van der Waals surface area (Å²) in [6, 6.07) is 5.11. The van der Waals surface area contributed by atoms with E-state index in [1.807, 2.05) is 6.07 Å². The van der Waals surface area contributed by atoms with Gasteiger partial charge in [0.1, 0.15) is 5.82 Å². The zero-order valence-corrected chi connectivity index (χ0v) is 8.90. The summed E-state index contributed by atoms with van der Waals surface area (Å²) >= 11 is 1.66. The average Bonchev–Trinajstić information content (AvgIpc) is 2.93. The van der Waals surface area contributed by atoms with Crippen LogP contribution in [0.2, 0.25) is 0 Å². The van der Waals surface area contributed by atoms with Crippen molar-refractivity contribution >= 4 is 11.8 Å². The number of halogens is 1. The molecule has 0 aromatic heterocycles. The molecular formula is C11H13FOS. The summed E-state index contributed by atoms with van der Waals surface area (Å²) in [6.07, 6.45) is 2.12. The van der Waals surface area contributed by atoms with Gasteiger partial charge in [0.2, 0.25) is 0 Å².